The van der Waals surface area contributed by atoms with E-state index in [-0.39, 0.29) is 17.5 Å². The van der Waals surface area contributed by atoms with Crippen molar-refractivity contribution < 1.29 is 10.2 Å². The van der Waals surface area contributed by atoms with Gasteiger partial charge in [-0.1, -0.05) is 29.8 Å². The van der Waals surface area contributed by atoms with Crippen molar-refractivity contribution in [1.82, 2.24) is 5.32 Å². The highest BCUT2D eigenvalue weighted by Crippen LogP contribution is 2.36. The zero-order valence-electron chi connectivity index (χ0n) is 10.9. The lowest BCUT2D eigenvalue weighted by Gasteiger charge is -2.28. The van der Waals surface area contributed by atoms with Crippen molar-refractivity contribution >= 4 is 0 Å². The molecule has 3 rings (SSSR count). The molecule has 0 amide bonds. The Balaban J connectivity index is 2.07. The molecule has 0 fully saturated rings. The minimum atomic E-state index is -0.0560. The van der Waals surface area contributed by atoms with Crippen molar-refractivity contribution in [1.29, 1.82) is 0 Å². The Morgan fingerprint density at radius 3 is 2.47 bits per heavy atom. The van der Waals surface area contributed by atoms with Crippen LogP contribution in [-0.4, -0.2) is 16.8 Å². The van der Waals surface area contributed by atoms with E-state index in [1.807, 2.05) is 0 Å². The highest BCUT2D eigenvalue weighted by Gasteiger charge is 2.22. The van der Waals surface area contributed by atoms with E-state index in [0.717, 1.165) is 24.1 Å². The van der Waals surface area contributed by atoms with Gasteiger partial charge in [-0.05, 0) is 42.2 Å². The molecule has 0 saturated carbocycles. The summed E-state index contributed by atoms with van der Waals surface area (Å²) < 4.78 is 0. The van der Waals surface area contributed by atoms with Crippen LogP contribution in [0.25, 0.3) is 0 Å². The number of aromatic hydroxyl groups is 2. The molecule has 1 atom stereocenters. The highest BCUT2D eigenvalue weighted by atomic mass is 16.3. The summed E-state index contributed by atoms with van der Waals surface area (Å²) in [5, 5.41) is 22.8. The van der Waals surface area contributed by atoms with Crippen molar-refractivity contribution in [3.05, 3.63) is 58.7 Å². The van der Waals surface area contributed by atoms with E-state index in [1.165, 1.54) is 11.1 Å². The lowest BCUT2D eigenvalue weighted by atomic mass is 9.89. The van der Waals surface area contributed by atoms with Crippen LogP contribution in [-0.2, 0) is 6.42 Å². The molecule has 0 saturated heterocycles. The minimum Gasteiger partial charge on any atom is -0.504 e. The first-order chi connectivity index (χ1) is 9.15. The van der Waals surface area contributed by atoms with Crippen LogP contribution in [0.3, 0.4) is 0 Å². The average molecular weight is 255 g/mol. The molecule has 2 aromatic carbocycles. The molecule has 1 aliphatic rings. The average Bonchev–Trinajstić information content (AvgIpc) is 2.41. The molecule has 98 valence electrons. The van der Waals surface area contributed by atoms with Gasteiger partial charge in [-0.3, -0.25) is 0 Å². The SMILES string of the molecule is Cc1ccc(C2NCCc3cc(O)c(O)cc32)cc1. The van der Waals surface area contributed by atoms with Crippen molar-refractivity contribution in [3.8, 4) is 11.5 Å². The Morgan fingerprint density at radius 1 is 1.05 bits per heavy atom. The summed E-state index contributed by atoms with van der Waals surface area (Å²) in [5.41, 5.74) is 4.55. The number of hydrogen-bond donors (Lipinski definition) is 3. The highest BCUT2D eigenvalue weighted by molar-refractivity contribution is 5.50. The Morgan fingerprint density at radius 2 is 1.74 bits per heavy atom. The van der Waals surface area contributed by atoms with Crippen LogP contribution in [0, 0.1) is 6.92 Å². The maximum Gasteiger partial charge on any atom is 0.157 e. The standard InChI is InChI=1S/C16H17NO2/c1-10-2-4-11(5-3-10)16-13-9-15(19)14(18)8-12(13)6-7-17-16/h2-5,8-9,16-19H,6-7H2,1H3. The number of benzene rings is 2. The first-order valence-corrected chi connectivity index (χ1v) is 6.50. The number of nitrogens with one attached hydrogen (secondary N) is 1. The molecule has 0 aromatic heterocycles. The topological polar surface area (TPSA) is 52.5 Å². The van der Waals surface area contributed by atoms with Gasteiger partial charge in [0.1, 0.15) is 0 Å². The van der Waals surface area contributed by atoms with Gasteiger partial charge in [0, 0.05) is 6.54 Å². The number of aryl methyl sites for hydroxylation is 1. The molecule has 0 radical (unpaired) electrons. The van der Waals surface area contributed by atoms with Crippen molar-refractivity contribution in [3.63, 3.8) is 0 Å². The van der Waals surface area contributed by atoms with E-state index >= 15 is 0 Å². The molecule has 3 N–H and O–H groups in total. The Bertz CT molecular complexity index is 605. The second-order valence-corrected chi connectivity index (χ2v) is 5.09. The van der Waals surface area contributed by atoms with Gasteiger partial charge in [0.25, 0.3) is 0 Å². The Labute approximate surface area is 112 Å². The predicted octanol–water partition coefficient (Wildman–Crippen LogP) is 2.64. The molecule has 0 spiro atoms. The maximum atomic E-state index is 9.71. The minimum absolute atomic E-state index is 0.0386. The lowest BCUT2D eigenvalue weighted by Crippen LogP contribution is -2.30. The smallest absolute Gasteiger partial charge is 0.157 e. The van der Waals surface area contributed by atoms with E-state index in [4.69, 9.17) is 0 Å². The number of phenolic OH excluding ortho intramolecular Hbond substituents is 2. The monoisotopic (exact) mass is 255 g/mol. The first-order valence-electron chi connectivity index (χ1n) is 6.50. The number of hydrogen-bond acceptors (Lipinski definition) is 3. The van der Waals surface area contributed by atoms with Gasteiger partial charge >= 0.3 is 0 Å². The van der Waals surface area contributed by atoms with Gasteiger partial charge in [0.05, 0.1) is 6.04 Å². The number of phenols is 2. The summed E-state index contributed by atoms with van der Waals surface area (Å²) in [6, 6.07) is 11.8. The van der Waals surface area contributed by atoms with Crippen LogP contribution in [0.2, 0.25) is 0 Å². The second kappa shape index (κ2) is 4.59. The maximum absolute atomic E-state index is 9.71. The molecule has 0 aliphatic carbocycles. The third-order valence-electron chi connectivity index (χ3n) is 3.70. The summed E-state index contributed by atoms with van der Waals surface area (Å²) >= 11 is 0. The van der Waals surface area contributed by atoms with Crippen molar-refractivity contribution in [2.45, 2.75) is 19.4 Å². The fraction of sp³-hybridized carbons (Fsp3) is 0.250. The quantitative estimate of drug-likeness (QED) is 0.687. The molecule has 3 nitrogen and oxygen atoms in total. The summed E-state index contributed by atoms with van der Waals surface area (Å²) in [5.74, 6) is -0.0946. The van der Waals surface area contributed by atoms with Gasteiger partial charge in [0.2, 0.25) is 0 Å². The Kier molecular flexibility index (Phi) is 2.91. The summed E-state index contributed by atoms with van der Waals surface area (Å²) in [4.78, 5) is 0. The third-order valence-corrected chi connectivity index (χ3v) is 3.70. The zero-order valence-corrected chi connectivity index (χ0v) is 10.9. The third kappa shape index (κ3) is 2.17. The normalized spacial score (nSPS) is 18.1. The zero-order chi connectivity index (χ0) is 13.4. The van der Waals surface area contributed by atoms with Crippen LogP contribution in [0.15, 0.2) is 36.4 Å². The van der Waals surface area contributed by atoms with Crippen LogP contribution >= 0.6 is 0 Å². The van der Waals surface area contributed by atoms with Gasteiger partial charge in [-0.2, -0.15) is 0 Å². The van der Waals surface area contributed by atoms with Gasteiger partial charge in [-0.25, -0.2) is 0 Å². The van der Waals surface area contributed by atoms with Gasteiger partial charge in [0.15, 0.2) is 11.5 Å². The summed E-state index contributed by atoms with van der Waals surface area (Å²) in [7, 11) is 0. The van der Waals surface area contributed by atoms with Crippen molar-refractivity contribution in [2.24, 2.45) is 0 Å². The van der Waals surface area contributed by atoms with Crippen LogP contribution in [0.5, 0.6) is 11.5 Å². The molecule has 1 heterocycles. The van der Waals surface area contributed by atoms with Crippen LogP contribution in [0.4, 0.5) is 0 Å². The molecule has 0 bridgehead atoms. The summed E-state index contributed by atoms with van der Waals surface area (Å²) in [6.45, 7) is 2.94. The Hall–Kier alpha value is -2.00. The first kappa shape index (κ1) is 12.1. The van der Waals surface area contributed by atoms with Gasteiger partial charge in [-0.15, -0.1) is 0 Å². The predicted molar refractivity (Wildman–Crippen MR) is 74.5 cm³/mol. The van der Waals surface area contributed by atoms with Crippen LogP contribution in [0.1, 0.15) is 28.3 Å². The number of rotatable bonds is 1. The fourth-order valence-electron chi connectivity index (χ4n) is 2.64. The second-order valence-electron chi connectivity index (χ2n) is 5.09. The molecule has 19 heavy (non-hydrogen) atoms. The lowest BCUT2D eigenvalue weighted by molar-refractivity contribution is 0.400. The van der Waals surface area contributed by atoms with E-state index in [9.17, 15) is 10.2 Å². The van der Waals surface area contributed by atoms with Crippen LogP contribution < -0.4 is 5.32 Å². The largest absolute Gasteiger partial charge is 0.504 e. The fourth-order valence-corrected chi connectivity index (χ4v) is 2.64. The van der Waals surface area contributed by atoms with E-state index in [2.05, 4.69) is 36.5 Å². The van der Waals surface area contributed by atoms with Gasteiger partial charge < -0.3 is 15.5 Å². The molecular weight excluding hydrogens is 238 g/mol. The molecule has 3 heteroatoms. The molecule has 2 aromatic rings. The summed E-state index contributed by atoms with van der Waals surface area (Å²) in [6.07, 6.45) is 0.867. The number of fused-ring (bicyclic) bond motifs is 1. The molecule has 1 unspecified atom stereocenters. The van der Waals surface area contributed by atoms with E-state index in [1.54, 1.807) is 12.1 Å². The molecular formula is C16H17NO2. The van der Waals surface area contributed by atoms with E-state index < -0.39 is 0 Å². The van der Waals surface area contributed by atoms with Crippen molar-refractivity contribution in [2.75, 3.05) is 6.54 Å². The van der Waals surface area contributed by atoms with E-state index in [0.29, 0.717) is 0 Å². The molecule has 1 aliphatic heterocycles.